The predicted octanol–water partition coefficient (Wildman–Crippen LogP) is -0.311. The summed E-state index contributed by atoms with van der Waals surface area (Å²) in [6, 6.07) is 1.87. The van der Waals surface area contributed by atoms with Crippen molar-refractivity contribution in [2.24, 2.45) is 5.73 Å². The molecular weight excluding hydrogens is 220 g/mol. The number of rotatable bonds is 7. The molecule has 6 heteroatoms. The smallest absolute Gasteiger partial charge is 0.225 e. The molecule has 6 nitrogen and oxygen atoms in total. The molecule has 0 aliphatic rings. The van der Waals surface area contributed by atoms with Gasteiger partial charge in [-0.1, -0.05) is 0 Å². The number of aryl methyl sites for hydroxylation is 1. The highest BCUT2D eigenvalue weighted by Crippen LogP contribution is 2.08. The van der Waals surface area contributed by atoms with Crippen molar-refractivity contribution >= 4 is 5.95 Å². The largest absolute Gasteiger partial charge is 0.394 e. The highest BCUT2D eigenvalue weighted by molar-refractivity contribution is 5.30. The molecule has 96 valence electrons. The predicted molar refractivity (Wildman–Crippen MR) is 65.8 cm³/mol. The summed E-state index contributed by atoms with van der Waals surface area (Å²) < 4.78 is 5.19. The topological polar surface area (TPSA) is 84.5 Å². The van der Waals surface area contributed by atoms with E-state index in [-0.39, 0.29) is 6.61 Å². The summed E-state index contributed by atoms with van der Waals surface area (Å²) >= 11 is 0. The van der Waals surface area contributed by atoms with Crippen LogP contribution in [0.25, 0.3) is 0 Å². The maximum absolute atomic E-state index is 8.58. The summed E-state index contributed by atoms with van der Waals surface area (Å²) in [6.07, 6.45) is 0. The zero-order chi connectivity index (χ0) is 12.7. The fraction of sp³-hybridized carbons (Fsp3) is 0.636. The van der Waals surface area contributed by atoms with Gasteiger partial charge in [0.25, 0.3) is 0 Å². The lowest BCUT2D eigenvalue weighted by atomic mass is 10.3. The molecule has 0 saturated heterocycles. The molecule has 0 aliphatic carbocycles. The molecule has 3 N–H and O–H groups in total. The third kappa shape index (κ3) is 4.64. The standard InChI is InChI=1S/C11H20N4O2/c1-9-7-10(8-12)14-11(13-9)15(2)3-5-17-6-4-16/h7,16H,3-6,8,12H2,1-2H3. The van der Waals surface area contributed by atoms with Gasteiger partial charge in [-0.25, -0.2) is 9.97 Å². The van der Waals surface area contributed by atoms with E-state index in [0.717, 1.165) is 11.4 Å². The molecule has 0 unspecified atom stereocenters. The van der Waals surface area contributed by atoms with Gasteiger partial charge in [0.1, 0.15) is 0 Å². The van der Waals surface area contributed by atoms with E-state index in [9.17, 15) is 0 Å². The minimum absolute atomic E-state index is 0.0436. The Morgan fingerprint density at radius 1 is 1.41 bits per heavy atom. The van der Waals surface area contributed by atoms with Gasteiger partial charge in [0.2, 0.25) is 5.95 Å². The third-order valence-electron chi connectivity index (χ3n) is 2.25. The summed E-state index contributed by atoms with van der Waals surface area (Å²) in [7, 11) is 1.90. The van der Waals surface area contributed by atoms with Gasteiger partial charge in [-0.3, -0.25) is 0 Å². The van der Waals surface area contributed by atoms with Crippen molar-refractivity contribution in [3.63, 3.8) is 0 Å². The lowest BCUT2D eigenvalue weighted by molar-refractivity contribution is 0.0970. The Kier molecular flexibility index (Phi) is 5.82. The van der Waals surface area contributed by atoms with Gasteiger partial charge >= 0.3 is 0 Å². The summed E-state index contributed by atoms with van der Waals surface area (Å²) in [4.78, 5) is 10.6. The van der Waals surface area contributed by atoms with Crippen molar-refractivity contribution in [1.82, 2.24) is 9.97 Å². The Bertz CT molecular complexity index is 346. The molecule has 1 heterocycles. The molecule has 0 aromatic carbocycles. The van der Waals surface area contributed by atoms with Crippen molar-refractivity contribution in [3.05, 3.63) is 17.5 Å². The molecule has 0 aliphatic heterocycles. The van der Waals surface area contributed by atoms with Crippen LogP contribution in [0.15, 0.2) is 6.07 Å². The van der Waals surface area contributed by atoms with E-state index in [2.05, 4.69) is 9.97 Å². The lowest BCUT2D eigenvalue weighted by Crippen LogP contribution is -2.25. The molecule has 0 bridgehead atoms. The number of likely N-dealkylation sites (N-methyl/N-ethyl adjacent to an activating group) is 1. The van der Waals surface area contributed by atoms with Crippen LogP contribution in [0.5, 0.6) is 0 Å². The number of hydrogen-bond acceptors (Lipinski definition) is 6. The van der Waals surface area contributed by atoms with E-state index in [1.807, 2.05) is 24.9 Å². The summed E-state index contributed by atoms with van der Waals surface area (Å²) in [5.41, 5.74) is 7.30. The highest BCUT2D eigenvalue weighted by atomic mass is 16.5. The second-order valence-electron chi connectivity index (χ2n) is 3.76. The lowest BCUT2D eigenvalue weighted by Gasteiger charge is -2.17. The van der Waals surface area contributed by atoms with Crippen LogP contribution in [-0.4, -0.2) is 48.5 Å². The van der Waals surface area contributed by atoms with Crippen molar-refractivity contribution in [1.29, 1.82) is 0 Å². The first-order valence-electron chi connectivity index (χ1n) is 5.61. The highest BCUT2D eigenvalue weighted by Gasteiger charge is 2.06. The Morgan fingerprint density at radius 3 is 2.82 bits per heavy atom. The van der Waals surface area contributed by atoms with Crippen molar-refractivity contribution in [2.45, 2.75) is 13.5 Å². The number of nitrogens with two attached hydrogens (primary N) is 1. The summed E-state index contributed by atoms with van der Waals surface area (Å²) in [5, 5.41) is 8.58. The van der Waals surface area contributed by atoms with Crippen LogP contribution >= 0.6 is 0 Å². The average molecular weight is 240 g/mol. The fourth-order valence-corrected chi connectivity index (χ4v) is 1.36. The van der Waals surface area contributed by atoms with E-state index >= 15 is 0 Å². The van der Waals surface area contributed by atoms with Gasteiger partial charge in [-0.05, 0) is 13.0 Å². The van der Waals surface area contributed by atoms with Crippen LogP contribution in [0, 0.1) is 6.92 Å². The van der Waals surface area contributed by atoms with Crippen molar-refractivity contribution in [2.75, 3.05) is 38.3 Å². The Labute approximate surface area is 101 Å². The van der Waals surface area contributed by atoms with Gasteiger partial charge < -0.3 is 20.5 Å². The molecule has 0 saturated carbocycles. The number of ether oxygens (including phenoxy) is 1. The molecule has 1 aromatic rings. The second kappa shape index (κ2) is 7.16. The van der Waals surface area contributed by atoms with E-state index in [1.165, 1.54) is 0 Å². The van der Waals surface area contributed by atoms with Gasteiger partial charge in [0.15, 0.2) is 0 Å². The number of hydrogen-bond donors (Lipinski definition) is 2. The van der Waals surface area contributed by atoms with Crippen molar-refractivity contribution < 1.29 is 9.84 Å². The minimum atomic E-state index is 0.0436. The Morgan fingerprint density at radius 2 is 2.18 bits per heavy atom. The molecule has 0 radical (unpaired) electrons. The first-order chi connectivity index (χ1) is 8.17. The maximum atomic E-state index is 8.58. The molecule has 0 fully saturated rings. The molecular formula is C11H20N4O2. The monoisotopic (exact) mass is 240 g/mol. The van der Waals surface area contributed by atoms with E-state index in [1.54, 1.807) is 0 Å². The van der Waals surface area contributed by atoms with Crippen LogP contribution in [-0.2, 0) is 11.3 Å². The number of aliphatic hydroxyl groups excluding tert-OH is 1. The molecule has 1 rings (SSSR count). The molecule has 0 spiro atoms. The number of aliphatic hydroxyl groups is 1. The normalized spacial score (nSPS) is 10.6. The van der Waals surface area contributed by atoms with Crippen LogP contribution in [0.3, 0.4) is 0 Å². The molecule has 17 heavy (non-hydrogen) atoms. The van der Waals surface area contributed by atoms with E-state index in [4.69, 9.17) is 15.6 Å². The van der Waals surface area contributed by atoms with Gasteiger partial charge in [0, 0.05) is 25.8 Å². The van der Waals surface area contributed by atoms with E-state index in [0.29, 0.717) is 32.3 Å². The fourth-order valence-electron chi connectivity index (χ4n) is 1.36. The van der Waals surface area contributed by atoms with E-state index < -0.39 is 0 Å². The van der Waals surface area contributed by atoms with Crippen LogP contribution in [0.4, 0.5) is 5.95 Å². The second-order valence-corrected chi connectivity index (χ2v) is 3.76. The van der Waals surface area contributed by atoms with Gasteiger partial charge in [-0.15, -0.1) is 0 Å². The first-order valence-corrected chi connectivity index (χ1v) is 5.61. The zero-order valence-electron chi connectivity index (χ0n) is 10.4. The third-order valence-corrected chi connectivity index (χ3v) is 2.25. The number of anilines is 1. The SMILES string of the molecule is Cc1cc(CN)nc(N(C)CCOCCO)n1. The zero-order valence-corrected chi connectivity index (χ0v) is 10.4. The minimum Gasteiger partial charge on any atom is -0.394 e. The quantitative estimate of drug-likeness (QED) is 0.636. The average Bonchev–Trinajstić information content (AvgIpc) is 2.33. The molecule has 0 amide bonds. The maximum Gasteiger partial charge on any atom is 0.225 e. The summed E-state index contributed by atoms with van der Waals surface area (Å²) in [5.74, 6) is 0.651. The number of nitrogens with zero attached hydrogens (tertiary/aromatic N) is 3. The number of aromatic nitrogens is 2. The molecule has 1 aromatic heterocycles. The molecule has 0 atom stereocenters. The van der Waals surface area contributed by atoms with Gasteiger partial charge in [-0.2, -0.15) is 0 Å². The Hall–Kier alpha value is -1.24. The van der Waals surface area contributed by atoms with Crippen LogP contribution < -0.4 is 10.6 Å². The van der Waals surface area contributed by atoms with Crippen LogP contribution in [0.1, 0.15) is 11.4 Å². The van der Waals surface area contributed by atoms with Gasteiger partial charge in [0.05, 0.1) is 25.5 Å². The first kappa shape index (κ1) is 13.8. The summed E-state index contributed by atoms with van der Waals surface area (Å²) in [6.45, 7) is 3.93. The van der Waals surface area contributed by atoms with Crippen LogP contribution in [0.2, 0.25) is 0 Å². The Balaban J connectivity index is 2.55. The van der Waals surface area contributed by atoms with Crippen molar-refractivity contribution in [3.8, 4) is 0 Å².